The SMILES string of the molecule is S=c1[nH]c2ccc(Cl)cc2n1CCn1ccnc1. The number of aromatic nitrogens is 4. The van der Waals surface area contributed by atoms with Crippen molar-refractivity contribution in [2.75, 3.05) is 0 Å². The number of aromatic amines is 1. The lowest BCUT2D eigenvalue weighted by atomic mass is 10.3. The van der Waals surface area contributed by atoms with Crippen LogP contribution in [0.5, 0.6) is 0 Å². The first-order valence-corrected chi connectivity index (χ1v) is 6.36. The fourth-order valence-corrected chi connectivity index (χ4v) is 2.45. The summed E-state index contributed by atoms with van der Waals surface area (Å²) >= 11 is 11.4. The molecule has 0 aliphatic rings. The molecule has 1 N–H and O–H groups in total. The van der Waals surface area contributed by atoms with Gasteiger partial charge in [-0.05, 0) is 30.4 Å². The number of imidazole rings is 2. The summed E-state index contributed by atoms with van der Waals surface area (Å²) in [6, 6.07) is 5.73. The average Bonchev–Trinajstić information content (AvgIpc) is 2.94. The van der Waals surface area contributed by atoms with E-state index in [1.807, 2.05) is 29.0 Å². The van der Waals surface area contributed by atoms with Crippen molar-refractivity contribution in [1.29, 1.82) is 0 Å². The largest absolute Gasteiger partial charge is 0.336 e. The highest BCUT2D eigenvalue weighted by Crippen LogP contribution is 2.19. The average molecular weight is 279 g/mol. The van der Waals surface area contributed by atoms with Crippen LogP contribution >= 0.6 is 23.8 Å². The van der Waals surface area contributed by atoms with Gasteiger partial charge in [0.15, 0.2) is 4.77 Å². The van der Waals surface area contributed by atoms with Crippen molar-refractivity contribution in [1.82, 2.24) is 19.1 Å². The van der Waals surface area contributed by atoms with Crippen LogP contribution in [0.3, 0.4) is 0 Å². The lowest BCUT2D eigenvalue weighted by molar-refractivity contribution is 0.584. The van der Waals surface area contributed by atoms with E-state index in [1.165, 1.54) is 0 Å². The zero-order valence-electron chi connectivity index (χ0n) is 9.51. The molecule has 3 rings (SSSR count). The van der Waals surface area contributed by atoms with Gasteiger partial charge in [0.1, 0.15) is 0 Å². The lowest BCUT2D eigenvalue weighted by Crippen LogP contribution is -2.05. The Hall–Kier alpha value is -1.59. The second-order valence-electron chi connectivity index (χ2n) is 4.04. The summed E-state index contributed by atoms with van der Waals surface area (Å²) in [5, 5.41) is 0.716. The van der Waals surface area contributed by atoms with Crippen LogP contribution in [0.1, 0.15) is 0 Å². The summed E-state index contributed by atoms with van der Waals surface area (Å²) in [6.45, 7) is 1.61. The van der Waals surface area contributed by atoms with Gasteiger partial charge in [0, 0.05) is 30.5 Å². The fourth-order valence-electron chi connectivity index (χ4n) is 1.98. The maximum Gasteiger partial charge on any atom is 0.178 e. The molecule has 0 saturated heterocycles. The maximum atomic E-state index is 6.02. The van der Waals surface area contributed by atoms with Crippen LogP contribution in [-0.2, 0) is 13.1 Å². The number of benzene rings is 1. The van der Waals surface area contributed by atoms with Gasteiger partial charge in [-0.15, -0.1) is 0 Å². The predicted octanol–water partition coefficient (Wildman–Crippen LogP) is 3.25. The molecule has 0 radical (unpaired) electrons. The first-order valence-electron chi connectivity index (χ1n) is 5.58. The minimum atomic E-state index is 0.715. The van der Waals surface area contributed by atoms with Gasteiger partial charge in [-0.25, -0.2) is 4.98 Å². The molecule has 0 aliphatic carbocycles. The molecule has 2 heterocycles. The lowest BCUT2D eigenvalue weighted by Gasteiger charge is -2.05. The molecule has 0 amide bonds. The number of H-pyrrole nitrogens is 1. The van der Waals surface area contributed by atoms with Crippen molar-refractivity contribution in [3.05, 3.63) is 46.7 Å². The second-order valence-corrected chi connectivity index (χ2v) is 4.87. The number of nitrogens with zero attached hydrogens (tertiary/aromatic N) is 3. The third kappa shape index (κ3) is 2.07. The molecule has 0 bridgehead atoms. The van der Waals surface area contributed by atoms with Gasteiger partial charge >= 0.3 is 0 Å². The molecule has 0 saturated carbocycles. The van der Waals surface area contributed by atoms with E-state index in [4.69, 9.17) is 23.8 Å². The Kier molecular flexibility index (Phi) is 2.93. The maximum absolute atomic E-state index is 6.02. The number of nitrogens with one attached hydrogen (secondary N) is 1. The van der Waals surface area contributed by atoms with Crippen LogP contribution in [0, 0.1) is 4.77 Å². The predicted molar refractivity (Wildman–Crippen MR) is 74.4 cm³/mol. The topological polar surface area (TPSA) is 38.5 Å². The minimum absolute atomic E-state index is 0.715. The molecule has 0 aliphatic heterocycles. The van der Waals surface area contributed by atoms with E-state index in [2.05, 4.69) is 14.5 Å². The first-order chi connectivity index (χ1) is 8.74. The van der Waals surface area contributed by atoms with Crippen LogP contribution in [-0.4, -0.2) is 19.1 Å². The Balaban J connectivity index is 1.98. The zero-order chi connectivity index (χ0) is 12.5. The van der Waals surface area contributed by atoms with E-state index in [1.54, 1.807) is 12.5 Å². The van der Waals surface area contributed by atoms with Crippen molar-refractivity contribution in [3.63, 3.8) is 0 Å². The third-order valence-electron chi connectivity index (χ3n) is 2.88. The molecule has 0 fully saturated rings. The van der Waals surface area contributed by atoms with Crippen LogP contribution in [0.2, 0.25) is 5.02 Å². The Morgan fingerprint density at radius 2 is 2.22 bits per heavy atom. The number of halogens is 1. The normalized spacial score (nSPS) is 11.2. The smallest absolute Gasteiger partial charge is 0.178 e. The number of hydrogen-bond donors (Lipinski definition) is 1. The first kappa shape index (κ1) is 11.5. The summed E-state index contributed by atoms with van der Waals surface area (Å²) in [4.78, 5) is 7.20. The molecule has 1 aromatic carbocycles. The van der Waals surface area contributed by atoms with Gasteiger partial charge in [-0.2, -0.15) is 0 Å². The van der Waals surface area contributed by atoms with Crippen molar-refractivity contribution >= 4 is 34.9 Å². The van der Waals surface area contributed by atoms with Crippen LogP contribution < -0.4 is 0 Å². The molecule has 6 heteroatoms. The number of aryl methyl sites for hydroxylation is 2. The molecule has 0 unspecified atom stereocenters. The molecular weight excluding hydrogens is 268 g/mol. The summed E-state index contributed by atoms with van der Waals surface area (Å²) in [5.74, 6) is 0. The molecular formula is C12H11ClN4S. The Morgan fingerprint density at radius 3 is 3.00 bits per heavy atom. The molecule has 4 nitrogen and oxygen atoms in total. The van der Waals surface area contributed by atoms with Crippen molar-refractivity contribution in [2.24, 2.45) is 0 Å². The highest BCUT2D eigenvalue weighted by atomic mass is 35.5. The number of hydrogen-bond acceptors (Lipinski definition) is 2. The molecule has 0 atom stereocenters. The highest BCUT2D eigenvalue weighted by molar-refractivity contribution is 7.71. The summed E-state index contributed by atoms with van der Waals surface area (Å²) in [6.07, 6.45) is 5.50. The Bertz CT molecular complexity index is 726. The Labute approximate surface area is 114 Å². The van der Waals surface area contributed by atoms with E-state index in [0.717, 1.165) is 24.1 Å². The van der Waals surface area contributed by atoms with Crippen molar-refractivity contribution in [2.45, 2.75) is 13.1 Å². The van der Waals surface area contributed by atoms with E-state index in [-0.39, 0.29) is 0 Å². The highest BCUT2D eigenvalue weighted by Gasteiger charge is 2.04. The van der Waals surface area contributed by atoms with Gasteiger partial charge in [0.25, 0.3) is 0 Å². The minimum Gasteiger partial charge on any atom is -0.336 e. The standard InChI is InChI=1S/C12H11ClN4S/c13-9-1-2-10-11(7-9)17(12(18)15-10)6-5-16-4-3-14-8-16/h1-4,7-8H,5-6H2,(H,15,18). The third-order valence-corrected chi connectivity index (χ3v) is 3.44. The fraction of sp³-hybridized carbons (Fsp3) is 0.167. The van der Waals surface area contributed by atoms with Gasteiger partial charge in [0.05, 0.1) is 17.4 Å². The van der Waals surface area contributed by atoms with Crippen molar-refractivity contribution in [3.8, 4) is 0 Å². The van der Waals surface area contributed by atoms with Crippen molar-refractivity contribution < 1.29 is 0 Å². The number of fused-ring (bicyclic) bond motifs is 1. The summed E-state index contributed by atoms with van der Waals surface area (Å²) < 4.78 is 4.79. The van der Waals surface area contributed by atoms with E-state index in [0.29, 0.717) is 9.79 Å². The van der Waals surface area contributed by atoms with Gasteiger partial charge in [-0.1, -0.05) is 11.6 Å². The second kappa shape index (κ2) is 4.59. The molecule has 18 heavy (non-hydrogen) atoms. The summed E-state index contributed by atoms with van der Waals surface area (Å²) in [5.41, 5.74) is 2.04. The van der Waals surface area contributed by atoms with Crippen LogP contribution in [0.15, 0.2) is 36.9 Å². The molecule has 3 aromatic rings. The Morgan fingerprint density at radius 1 is 1.33 bits per heavy atom. The van der Waals surface area contributed by atoms with Crippen LogP contribution in [0.25, 0.3) is 11.0 Å². The van der Waals surface area contributed by atoms with Crippen LogP contribution in [0.4, 0.5) is 0 Å². The molecule has 0 spiro atoms. The van der Waals surface area contributed by atoms with E-state index >= 15 is 0 Å². The monoisotopic (exact) mass is 278 g/mol. The quantitative estimate of drug-likeness (QED) is 0.747. The van der Waals surface area contributed by atoms with Gasteiger partial charge in [0.2, 0.25) is 0 Å². The van der Waals surface area contributed by atoms with E-state index < -0.39 is 0 Å². The zero-order valence-corrected chi connectivity index (χ0v) is 11.1. The van der Waals surface area contributed by atoms with Gasteiger partial charge < -0.3 is 14.1 Å². The van der Waals surface area contributed by atoms with E-state index in [9.17, 15) is 0 Å². The summed E-state index contributed by atoms with van der Waals surface area (Å²) in [7, 11) is 0. The van der Waals surface area contributed by atoms with Gasteiger partial charge in [-0.3, -0.25) is 0 Å². The molecule has 92 valence electrons. The number of rotatable bonds is 3. The molecule has 2 aromatic heterocycles.